The first-order chi connectivity index (χ1) is 13.5. The average molecular weight is 377 g/mol. The van der Waals surface area contributed by atoms with Gasteiger partial charge in [-0.05, 0) is 48.6 Å². The van der Waals surface area contributed by atoms with E-state index < -0.39 is 12.0 Å². The second kappa shape index (κ2) is 8.96. The van der Waals surface area contributed by atoms with E-state index in [9.17, 15) is 4.79 Å². The molecule has 1 heterocycles. The number of carbonyl (C=O) groups excluding carboxylic acids is 1. The second-order valence-electron chi connectivity index (χ2n) is 6.42. The van der Waals surface area contributed by atoms with Gasteiger partial charge in [-0.3, -0.25) is 9.98 Å². The molecule has 0 saturated heterocycles. The van der Waals surface area contributed by atoms with Crippen molar-refractivity contribution >= 4 is 22.7 Å². The largest absolute Gasteiger partial charge is 0.425 e. The average Bonchev–Trinajstić information content (AvgIpc) is 2.71. The number of benzene rings is 2. The summed E-state index contributed by atoms with van der Waals surface area (Å²) in [6.45, 7) is 0.427. The molecule has 0 radical (unpaired) electrons. The zero-order chi connectivity index (χ0) is 19.9. The van der Waals surface area contributed by atoms with Crippen molar-refractivity contribution in [1.29, 1.82) is 0 Å². The molecular weight excluding hydrogens is 354 g/mol. The molecule has 0 fully saturated rings. The van der Waals surface area contributed by atoms with Crippen molar-refractivity contribution in [2.45, 2.75) is 18.9 Å². The number of guanidine groups is 1. The third kappa shape index (κ3) is 5.05. The molecule has 0 amide bonds. The van der Waals surface area contributed by atoms with Crippen LogP contribution >= 0.6 is 0 Å². The van der Waals surface area contributed by atoms with Crippen molar-refractivity contribution in [3.05, 3.63) is 60.8 Å². The standard InChI is InChI=1S/C21H23N5O2/c22-18(6-3-11-25-21(23)24)20(27)28-17-9-7-14(8-10-17)19-12-15-4-1-2-5-16(15)13-26-19/h1-2,4-5,7-10,12-13,18H,3,6,11,22H2,(H4,23,24,25)/t18-/m0/s1. The van der Waals surface area contributed by atoms with Crippen molar-refractivity contribution < 1.29 is 9.53 Å². The zero-order valence-electron chi connectivity index (χ0n) is 15.4. The lowest BCUT2D eigenvalue weighted by molar-refractivity contribution is -0.136. The molecule has 0 bridgehead atoms. The maximum Gasteiger partial charge on any atom is 0.328 e. The normalized spacial score (nSPS) is 11.8. The summed E-state index contributed by atoms with van der Waals surface area (Å²) in [5.41, 5.74) is 18.2. The lowest BCUT2D eigenvalue weighted by Crippen LogP contribution is -2.34. The second-order valence-corrected chi connectivity index (χ2v) is 6.42. The molecule has 0 unspecified atom stereocenters. The predicted octanol–water partition coefficient (Wildman–Crippen LogP) is 2.19. The summed E-state index contributed by atoms with van der Waals surface area (Å²) < 4.78 is 5.35. The fraction of sp³-hybridized carbons (Fsp3) is 0.190. The van der Waals surface area contributed by atoms with Crippen LogP contribution in [0.5, 0.6) is 5.75 Å². The molecule has 7 nitrogen and oxygen atoms in total. The number of pyridine rings is 1. The van der Waals surface area contributed by atoms with Crippen LogP contribution in [0.25, 0.3) is 22.0 Å². The molecule has 1 aromatic heterocycles. The Balaban J connectivity index is 1.60. The van der Waals surface area contributed by atoms with Crippen LogP contribution < -0.4 is 21.9 Å². The maximum absolute atomic E-state index is 12.1. The maximum atomic E-state index is 12.1. The minimum atomic E-state index is -0.726. The van der Waals surface area contributed by atoms with Crippen LogP contribution in [0, 0.1) is 0 Å². The molecule has 7 heteroatoms. The van der Waals surface area contributed by atoms with Crippen LogP contribution in [0.1, 0.15) is 12.8 Å². The van der Waals surface area contributed by atoms with Gasteiger partial charge in [0, 0.05) is 23.7 Å². The van der Waals surface area contributed by atoms with E-state index in [0.29, 0.717) is 25.1 Å². The van der Waals surface area contributed by atoms with Gasteiger partial charge in [-0.1, -0.05) is 24.3 Å². The topological polar surface area (TPSA) is 130 Å². The Morgan fingerprint density at radius 1 is 1.07 bits per heavy atom. The van der Waals surface area contributed by atoms with Crippen molar-refractivity contribution in [3.8, 4) is 17.0 Å². The number of rotatable bonds is 7. The number of aromatic nitrogens is 1. The van der Waals surface area contributed by atoms with Gasteiger partial charge in [0.25, 0.3) is 0 Å². The van der Waals surface area contributed by atoms with Gasteiger partial charge in [0.1, 0.15) is 11.8 Å². The van der Waals surface area contributed by atoms with E-state index in [-0.39, 0.29) is 5.96 Å². The highest BCUT2D eigenvalue weighted by atomic mass is 16.5. The Morgan fingerprint density at radius 2 is 1.79 bits per heavy atom. The summed E-state index contributed by atoms with van der Waals surface area (Å²) in [5.74, 6) is -0.0207. The van der Waals surface area contributed by atoms with Crippen molar-refractivity contribution in [2.24, 2.45) is 22.2 Å². The van der Waals surface area contributed by atoms with E-state index in [1.54, 1.807) is 12.1 Å². The number of ether oxygens (including phenoxy) is 1. The summed E-state index contributed by atoms with van der Waals surface area (Å²) in [4.78, 5) is 20.4. The molecule has 6 N–H and O–H groups in total. The fourth-order valence-corrected chi connectivity index (χ4v) is 2.76. The summed E-state index contributed by atoms with van der Waals surface area (Å²) >= 11 is 0. The molecule has 0 aliphatic rings. The van der Waals surface area contributed by atoms with Gasteiger partial charge >= 0.3 is 5.97 Å². The molecule has 1 atom stereocenters. The lowest BCUT2D eigenvalue weighted by Gasteiger charge is -2.11. The SMILES string of the molecule is NC(N)=NCCC[C@H](N)C(=O)Oc1ccc(-c2cc3ccccc3cn2)cc1. The van der Waals surface area contributed by atoms with Gasteiger partial charge < -0.3 is 21.9 Å². The first-order valence-electron chi connectivity index (χ1n) is 9.01. The van der Waals surface area contributed by atoms with E-state index in [1.165, 1.54) is 0 Å². The first kappa shape index (κ1) is 19.3. The Kier molecular flexibility index (Phi) is 6.18. The number of nitrogens with zero attached hydrogens (tertiary/aromatic N) is 2. The number of hydrogen-bond acceptors (Lipinski definition) is 5. The number of carbonyl (C=O) groups is 1. The monoisotopic (exact) mass is 377 g/mol. The number of fused-ring (bicyclic) bond motifs is 1. The smallest absolute Gasteiger partial charge is 0.328 e. The molecular formula is C21H23N5O2. The molecule has 3 aromatic rings. The highest BCUT2D eigenvalue weighted by Gasteiger charge is 2.15. The third-order valence-corrected chi connectivity index (χ3v) is 4.27. The Labute approximate surface area is 163 Å². The van der Waals surface area contributed by atoms with E-state index >= 15 is 0 Å². The molecule has 0 spiro atoms. The molecule has 0 aliphatic carbocycles. The fourth-order valence-electron chi connectivity index (χ4n) is 2.76. The van der Waals surface area contributed by atoms with Crippen LogP contribution in [0.15, 0.2) is 65.8 Å². The zero-order valence-corrected chi connectivity index (χ0v) is 15.4. The molecule has 2 aromatic carbocycles. The molecule has 144 valence electrons. The molecule has 0 aliphatic heterocycles. The van der Waals surface area contributed by atoms with Crippen LogP contribution in [0.2, 0.25) is 0 Å². The van der Waals surface area contributed by atoms with Crippen LogP contribution in [-0.2, 0) is 4.79 Å². The van der Waals surface area contributed by atoms with Crippen molar-refractivity contribution in [1.82, 2.24) is 4.98 Å². The molecule has 28 heavy (non-hydrogen) atoms. The van der Waals surface area contributed by atoms with Crippen molar-refractivity contribution in [2.75, 3.05) is 6.54 Å². The molecule has 0 saturated carbocycles. The summed E-state index contributed by atoms with van der Waals surface area (Å²) in [6.07, 6.45) is 2.88. The first-order valence-corrected chi connectivity index (χ1v) is 9.01. The van der Waals surface area contributed by atoms with Gasteiger partial charge in [-0.25, -0.2) is 4.79 Å². The van der Waals surface area contributed by atoms with E-state index in [0.717, 1.165) is 22.0 Å². The predicted molar refractivity (Wildman–Crippen MR) is 111 cm³/mol. The summed E-state index contributed by atoms with van der Waals surface area (Å²) in [6, 6.07) is 16.5. The van der Waals surface area contributed by atoms with Gasteiger partial charge in [-0.15, -0.1) is 0 Å². The number of aliphatic imine (C=N–C) groups is 1. The van der Waals surface area contributed by atoms with E-state index in [1.807, 2.05) is 48.7 Å². The lowest BCUT2D eigenvalue weighted by atomic mass is 10.1. The minimum absolute atomic E-state index is 0.0251. The van der Waals surface area contributed by atoms with Gasteiger partial charge in [0.15, 0.2) is 5.96 Å². The van der Waals surface area contributed by atoms with Crippen LogP contribution in [0.3, 0.4) is 0 Å². The number of nitrogens with two attached hydrogens (primary N) is 3. The van der Waals surface area contributed by atoms with E-state index in [4.69, 9.17) is 21.9 Å². The Morgan fingerprint density at radius 3 is 2.50 bits per heavy atom. The Hall–Kier alpha value is -3.45. The highest BCUT2D eigenvalue weighted by Crippen LogP contribution is 2.24. The van der Waals surface area contributed by atoms with Crippen LogP contribution in [0.4, 0.5) is 0 Å². The number of esters is 1. The van der Waals surface area contributed by atoms with Gasteiger partial charge in [-0.2, -0.15) is 0 Å². The van der Waals surface area contributed by atoms with E-state index in [2.05, 4.69) is 9.98 Å². The number of hydrogen-bond donors (Lipinski definition) is 3. The van der Waals surface area contributed by atoms with Gasteiger partial charge in [0.2, 0.25) is 0 Å². The summed E-state index contributed by atoms with van der Waals surface area (Å²) in [7, 11) is 0. The highest BCUT2D eigenvalue weighted by molar-refractivity contribution is 5.85. The quantitative estimate of drug-likeness (QED) is 0.190. The minimum Gasteiger partial charge on any atom is -0.425 e. The Bertz CT molecular complexity index is 982. The molecule has 3 rings (SSSR count). The summed E-state index contributed by atoms with van der Waals surface area (Å²) in [5, 5.41) is 2.21. The third-order valence-electron chi connectivity index (χ3n) is 4.27. The van der Waals surface area contributed by atoms with Crippen molar-refractivity contribution in [3.63, 3.8) is 0 Å². The van der Waals surface area contributed by atoms with Crippen LogP contribution in [-0.4, -0.2) is 29.5 Å². The van der Waals surface area contributed by atoms with Gasteiger partial charge in [0.05, 0.1) is 5.69 Å².